The van der Waals surface area contributed by atoms with Crippen LogP contribution in [0.5, 0.6) is 0 Å². The van der Waals surface area contributed by atoms with Crippen molar-refractivity contribution in [3.05, 3.63) is 35.4 Å². The summed E-state index contributed by atoms with van der Waals surface area (Å²) in [6.07, 6.45) is 2.09. The zero-order valence-corrected chi connectivity index (χ0v) is 11.1. The summed E-state index contributed by atoms with van der Waals surface area (Å²) < 4.78 is 5.70. The number of benzene rings is 1. The SMILES string of the molecule is CC1(C)CC(NCc2cccc(C#N)c2)CCO1. The lowest BCUT2D eigenvalue weighted by Crippen LogP contribution is -2.43. The Morgan fingerprint density at radius 2 is 2.33 bits per heavy atom. The summed E-state index contributed by atoms with van der Waals surface area (Å²) in [5.41, 5.74) is 1.87. The van der Waals surface area contributed by atoms with Crippen LogP contribution in [0.3, 0.4) is 0 Å². The van der Waals surface area contributed by atoms with E-state index >= 15 is 0 Å². The molecular weight excluding hydrogens is 224 g/mol. The minimum Gasteiger partial charge on any atom is -0.375 e. The molecule has 3 heteroatoms. The van der Waals surface area contributed by atoms with Crippen LogP contribution in [0.25, 0.3) is 0 Å². The van der Waals surface area contributed by atoms with Crippen LogP contribution in [-0.2, 0) is 11.3 Å². The first kappa shape index (κ1) is 13.1. The molecule has 18 heavy (non-hydrogen) atoms. The summed E-state index contributed by atoms with van der Waals surface area (Å²) in [5.74, 6) is 0. The van der Waals surface area contributed by atoms with Crippen LogP contribution in [0.2, 0.25) is 0 Å². The molecule has 0 aromatic heterocycles. The largest absolute Gasteiger partial charge is 0.375 e. The Balaban J connectivity index is 1.89. The molecule has 0 bridgehead atoms. The highest BCUT2D eigenvalue weighted by molar-refractivity contribution is 5.32. The monoisotopic (exact) mass is 244 g/mol. The van der Waals surface area contributed by atoms with Crippen LogP contribution < -0.4 is 5.32 Å². The van der Waals surface area contributed by atoms with Gasteiger partial charge in [-0.1, -0.05) is 12.1 Å². The van der Waals surface area contributed by atoms with Crippen molar-refractivity contribution in [2.45, 2.75) is 44.9 Å². The summed E-state index contributed by atoms with van der Waals surface area (Å²) in [6.45, 7) is 5.91. The van der Waals surface area contributed by atoms with Crippen molar-refractivity contribution in [2.75, 3.05) is 6.61 Å². The topological polar surface area (TPSA) is 45.0 Å². The molecule has 1 aliphatic rings. The van der Waals surface area contributed by atoms with E-state index in [0.717, 1.165) is 31.6 Å². The van der Waals surface area contributed by atoms with Gasteiger partial charge in [-0.25, -0.2) is 0 Å². The van der Waals surface area contributed by atoms with Crippen LogP contribution in [-0.4, -0.2) is 18.2 Å². The first-order valence-corrected chi connectivity index (χ1v) is 6.45. The van der Waals surface area contributed by atoms with Gasteiger partial charge in [0.15, 0.2) is 0 Å². The third-order valence-corrected chi connectivity index (χ3v) is 3.35. The zero-order valence-electron chi connectivity index (χ0n) is 11.1. The molecule has 96 valence electrons. The molecule has 1 aromatic carbocycles. The van der Waals surface area contributed by atoms with Crippen LogP contribution in [0.15, 0.2) is 24.3 Å². The lowest BCUT2D eigenvalue weighted by molar-refractivity contribution is -0.0630. The van der Waals surface area contributed by atoms with Gasteiger partial charge in [-0.05, 0) is 44.4 Å². The van der Waals surface area contributed by atoms with E-state index in [-0.39, 0.29) is 5.60 Å². The minimum absolute atomic E-state index is 0.0234. The molecule has 1 heterocycles. The van der Waals surface area contributed by atoms with Gasteiger partial charge in [-0.15, -0.1) is 0 Å². The Bertz CT molecular complexity index is 448. The Hall–Kier alpha value is -1.37. The van der Waals surface area contributed by atoms with E-state index in [1.54, 1.807) is 0 Å². The number of nitrogens with zero attached hydrogens (tertiary/aromatic N) is 1. The van der Waals surface area contributed by atoms with Crippen molar-refractivity contribution in [1.82, 2.24) is 5.32 Å². The zero-order chi connectivity index (χ0) is 13.0. The second kappa shape index (κ2) is 5.51. The second-order valence-corrected chi connectivity index (χ2v) is 5.49. The highest BCUT2D eigenvalue weighted by Crippen LogP contribution is 2.24. The maximum atomic E-state index is 8.86. The van der Waals surface area contributed by atoms with E-state index in [2.05, 4.69) is 31.3 Å². The van der Waals surface area contributed by atoms with Crippen LogP contribution in [0, 0.1) is 11.3 Å². The summed E-state index contributed by atoms with van der Waals surface area (Å²) >= 11 is 0. The summed E-state index contributed by atoms with van der Waals surface area (Å²) in [4.78, 5) is 0. The van der Waals surface area contributed by atoms with Crippen molar-refractivity contribution >= 4 is 0 Å². The fourth-order valence-electron chi connectivity index (χ4n) is 2.42. The summed E-state index contributed by atoms with van der Waals surface area (Å²) in [5, 5.41) is 12.4. The number of hydrogen-bond acceptors (Lipinski definition) is 3. The van der Waals surface area contributed by atoms with Gasteiger partial charge in [0, 0.05) is 19.2 Å². The standard InChI is InChI=1S/C15H20N2O/c1-15(2)9-14(6-7-18-15)17-11-13-5-3-4-12(8-13)10-16/h3-5,8,14,17H,6-7,9,11H2,1-2H3. The molecule has 2 rings (SSSR count). The van der Waals surface area contributed by atoms with Crippen molar-refractivity contribution in [3.63, 3.8) is 0 Å². The van der Waals surface area contributed by atoms with E-state index in [1.807, 2.05) is 18.2 Å². The molecule has 1 atom stereocenters. The predicted octanol–water partition coefficient (Wildman–Crippen LogP) is 2.61. The number of hydrogen-bond donors (Lipinski definition) is 1. The predicted molar refractivity (Wildman–Crippen MR) is 71.0 cm³/mol. The highest BCUT2D eigenvalue weighted by Gasteiger charge is 2.28. The average Bonchev–Trinajstić information content (AvgIpc) is 2.35. The van der Waals surface area contributed by atoms with Crippen molar-refractivity contribution < 1.29 is 4.74 Å². The molecule has 1 fully saturated rings. The first-order valence-electron chi connectivity index (χ1n) is 6.45. The first-order chi connectivity index (χ1) is 8.59. The average molecular weight is 244 g/mol. The number of nitriles is 1. The smallest absolute Gasteiger partial charge is 0.0991 e. The number of rotatable bonds is 3. The fourth-order valence-corrected chi connectivity index (χ4v) is 2.42. The highest BCUT2D eigenvalue weighted by atomic mass is 16.5. The molecular formula is C15H20N2O. The van der Waals surface area contributed by atoms with Gasteiger partial charge < -0.3 is 10.1 Å². The quantitative estimate of drug-likeness (QED) is 0.889. The Morgan fingerprint density at radius 1 is 1.50 bits per heavy atom. The lowest BCUT2D eigenvalue weighted by atomic mass is 9.94. The van der Waals surface area contributed by atoms with Crippen molar-refractivity contribution in [2.24, 2.45) is 0 Å². The fraction of sp³-hybridized carbons (Fsp3) is 0.533. The number of ether oxygens (including phenoxy) is 1. The molecule has 1 N–H and O–H groups in total. The van der Waals surface area contributed by atoms with E-state index in [9.17, 15) is 0 Å². The molecule has 1 unspecified atom stereocenters. The maximum Gasteiger partial charge on any atom is 0.0991 e. The molecule has 0 aliphatic carbocycles. The lowest BCUT2D eigenvalue weighted by Gasteiger charge is -2.36. The van der Waals surface area contributed by atoms with Crippen LogP contribution >= 0.6 is 0 Å². The van der Waals surface area contributed by atoms with Crippen molar-refractivity contribution in [3.8, 4) is 6.07 Å². The molecule has 0 saturated carbocycles. The third-order valence-electron chi connectivity index (χ3n) is 3.35. The Kier molecular flexibility index (Phi) is 4.00. The number of nitrogens with one attached hydrogen (secondary N) is 1. The minimum atomic E-state index is -0.0234. The molecule has 1 aromatic rings. The second-order valence-electron chi connectivity index (χ2n) is 5.49. The van der Waals surface area contributed by atoms with E-state index in [4.69, 9.17) is 10.00 Å². The molecule has 0 amide bonds. The van der Waals surface area contributed by atoms with E-state index in [1.165, 1.54) is 5.56 Å². The van der Waals surface area contributed by atoms with E-state index < -0.39 is 0 Å². The van der Waals surface area contributed by atoms with Gasteiger partial charge in [0.1, 0.15) is 0 Å². The Labute approximate surface area is 109 Å². The molecule has 0 spiro atoms. The van der Waals surface area contributed by atoms with Gasteiger partial charge in [-0.2, -0.15) is 5.26 Å². The normalized spacial score (nSPS) is 22.4. The van der Waals surface area contributed by atoms with Gasteiger partial charge >= 0.3 is 0 Å². The van der Waals surface area contributed by atoms with E-state index in [0.29, 0.717) is 6.04 Å². The van der Waals surface area contributed by atoms with Gasteiger partial charge in [-0.3, -0.25) is 0 Å². The Morgan fingerprint density at radius 3 is 3.06 bits per heavy atom. The summed E-state index contributed by atoms with van der Waals surface area (Å²) in [6, 6.07) is 10.4. The molecule has 1 saturated heterocycles. The summed E-state index contributed by atoms with van der Waals surface area (Å²) in [7, 11) is 0. The van der Waals surface area contributed by atoms with Crippen molar-refractivity contribution in [1.29, 1.82) is 5.26 Å². The maximum absolute atomic E-state index is 8.86. The van der Waals surface area contributed by atoms with Crippen LogP contribution in [0.1, 0.15) is 37.8 Å². The van der Waals surface area contributed by atoms with Gasteiger partial charge in [0.05, 0.1) is 17.2 Å². The molecule has 0 radical (unpaired) electrons. The van der Waals surface area contributed by atoms with Gasteiger partial charge in [0.2, 0.25) is 0 Å². The third kappa shape index (κ3) is 3.56. The van der Waals surface area contributed by atoms with Gasteiger partial charge in [0.25, 0.3) is 0 Å². The molecule has 1 aliphatic heterocycles. The molecule has 3 nitrogen and oxygen atoms in total. The van der Waals surface area contributed by atoms with Crippen LogP contribution in [0.4, 0.5) is 0 Å².